The highest BCUT2D eigenvalue weighted by Crippen LogP contribution is 2.37. The Bertz CT molecular complexity index is 997. The van der Waals surface area contributed by atoms with Gasteiger partial charge in [-0.3, -0.25) is 4.90 Å². The normalized spacial score (nSPS) is 15.1. The van der Waals surface area contributed by atoms with E-state index in [2.05, 4.69) is 14.5 Å². The first kappa shape index (κ1) is 18.6. The summed E-state index contributed by atoms with van der Waals surface area (Å²) in [7, 11) is 0. The molecule has 0 aliphatic carbocycles. The predicted octanol–water partition coefficient (Wildman–Crippen LogP) is 4.60. The fraction of sp³-hybridized carbons (Fsp3) is 0.250. The highest BCUT2D eigenvalue weighted by atomic mass is 35.5. The third kappa shape index (κ3) is 3.90. The number of ether oxygens (including phenoxy) is 1. The zero-order valence-corrected chi connectivity index (χ0v) is 15.7. The first-order chi connectivity index (χ1) is 13.5. The Morgan fingerprint density at radius 1 is 1.14 bits per heavy atom. The molecule has 146 valence electrons. The van der Waals surface area contributed by atoms with Crippen molar-refractivity contribution in [2.45, 2.75) is 6.54 Å². The number of rotatable bonds is 4. The summed E-state index contributed by atoms with van der Waals surface area (Å²) < 4.78 is 23.0. The molecule has 2 aromatic carbocycles. The van der Waals surface area contributed by atoms with E-state index in [1.54, 1.807) is 6.07 Å². The molecule has 1 aliphatic heterocycles. The van der Waals surface area contributed by atoms with Gasteiger partial charge in [-0.15, -0.1) is 0 Å². The van der Waals surface area contributed by atoms with Crippen molar-refractivity contribution in [1.29, 1.82) is 0 Å². The molecular formula is C20H18ClFN2O4. The number of fused-ring (bicyclic) bond motifs is 1. The number of halogens is 2. The van der Waals surface area contributed by atoms with Crippen molar-refractivity contribution < 1.29 is 23.4 Å². The third-order valence-electron chi connectivity index (χ3n) is 4.81. The highest BCUT2D eigenvalue weighted by Gasteiger charge is 2.21. The lowest BCUT2D eigenvalue weighted by molar-refractivity contribution is 0.134. The first-order valence-corrected chi connectivity index (χ1v) is 9.22. The van der Waals surface area contributed by atoms with Crippen molar-refractivity contribution in [3.05, 3.63) is 58.9 Å². The van der Waals surface area contributed by atoms with Crippen LogP contribution >= 0.6 is 11.6 Å². The molecule has 4 rings (SSSR count). The number of carboxylic acid groups (broad SMARTS) is 1. The maximum Gasteiger partial charge on any atom is 0.513 e. The molecule has 1 fully saturated rings. The SMILES string of the molecule is O=C(O)Oc1cc2c(Cl)c(N3CCN(Cc4ccc(F)cc4)CC3)ccc2o1. The minimum atomic E-state index is -1.44. The highest BCUT2D eigenvalue weighted by molar-refractivity contribution is 6.38. The minimum Gasteiger partial charge on any atom is -0.449 e. The van der Waals surface area contributed by atoms with Gasteiger partial charge < -0.3 is 19.2 Å². The molecule has 1 N–H and O–H groups in total. The smallest absolute Gasteiger partial charge is 0.449 e. The van der Waals surface area contributed by atoms with Gasteiger partial charge in [0.1, 0.15) is 11.4 Å². The second-order valence-corrected chi connectivity index (χ2v) is 7.01. The number of piperazine rings is 1. The molecule has 0 spiro atoms. The van der Waals surface area contributed by atoms with Crippen LogP contribution in [-0.4, -0.2) is 42.3 Å². The van der Waals surface area contributed by atoms with Gasteiger partial charge in [0, 0.05) is 44.2 Å². The van der Waals surface area contributed by atoms with E-state index in [4.69, 9.17) is 21.1 Å². The van der Waals surface area contributed by atoms with Crippen LogP contribution in [0.25, 0.3) is 11.0 Å². The molecule has 0 amide bonds. The summed E-state index contributed by atoms with van der Waals surface area (Å²) in [6.07, 6.45) is -1.44. The minimum absolute atomic E-state index is 0.106. The van der Waals surface area contributed by atoms with Gasteiger partial charge in [-0.25, -0.2) is 9.18 Å². The van der Waals surface area contributed by atoms with Crippen molar-refractivity contribution in [2.75, 3.05) is 31.1 Å². The van der Waals surface area contributed by atoms with Gasteiger partial charge in [0.05, 0.1) is 10.7 Å². The maximum atomic E-state index is 13.0. The third-order valence-corrected chi connectivity index (χ3v) is 5.21. The molecule has 3 aromatic rings. The van der Waals surface area contributed by atoms with Crippen LogP contribution in [-0.2, 0) is 6.54 Å². The Labute approximate surface area is 165 Å². The Morgan fingerprint density at radius 2 is 1.86 bits per heavy atom. The summed E-state index contributed by atoms with van der Waals surface area (Å²) in [5, 5.41) is 9.84. The van der Waals surface area contributed by atoms with Crippen molar-refractivity contribution in [3.63, 3.8) is 0 Å². The average Bonchev–Trinajstić information content (AvgIpc) is 3.07. The van der Waals surface area contributed by atoms with Crippen molar-refractivity contribution in [3.8, 4) is 5.95 Å². The van der Waals surface area contributed by atoms with E-state index in [1.807, 2.05) is 18.2 Å². The zero-order chi connectivity index (χ0) is 19.7. The fourth-order valence-corrected chi connectivity index (χ4v) is 3.75. The monoisotopic (exact) mass is 404 g/mol. The lowest BCUT2D eigenvalue weighted by Crippen LogP contribution is -2.46. The van der Waals surface area contributed by atoms with Crippen LogP contribution < -0.4 is 9.64 Å². The van der Waals surface area contributed by atoms with Gasteiger partial charge in [-0.05, 0) is 29.8 Å². The quantitative estimate of drug-likeness (QED) is 0.641. The molecule has 1 saturated heterocycles. The molecule has 1 aliphatic rings. The Morgan fingerprint density at radius 3 is 2.54 bits per heavy atom. The zero-order valence-electron chi connectivity index (χ0n) is 14.9. The second-order valence-electron chi connectivity index (χ2n) is 6.63. The lowest BCUT2D eigenvalue weighted by Gasteiger charge is -2.36. The van der Waals surface area contributed by atoms with E-state index < -0.39 is 6.16 Å². The van der Waals surface area contributed by atoms with Gasteiger partial charge in [0.2, 0.25) is 0 Å². The molecule has 0 atom stereocenters. The fourth-order valence-electron chi connectivity index (χ4n) is 3.42. The van der Waals surface area contributed by atoms with Gasteiger partial charge in [-0.2, -0.15) is 0 Å². The van der Waals surface area contributed by atoms with E-state index in [-0.39, 0.29) is 11.8 Å². The molecular weight excluding hydrogens is 387 g/mol. The van der Waals surface area contributed by atoms with E-state index in [1.165, 1.54) is 18.2 Å². The number of carbonyl (C=O) groups is 1. The number of furan rings is 1. The number of anilines is 1. The Balaban J connectivity index is 1.45. The molecule has 28 heavy (non-hydrogen) atoms. The Kier molecular flexibility index (Phi) is 5.11. The summed E-state index contributed by atoms with van der Waals surface area (Å²) in [5.41, 5.74) is 2.43. The van der Waals surface area contributed by atoms with Crippen LogP contribution in [0.15, 0.2) is 46.9 Å². The summed E-state index contributed by atoms with van der Waals surface area (Å²) in [4.78, 5) is 15.2. The van der Waals surface area contributed by atoms with Crippen LogP contribution in [0.1, 0.15) is 5.56 Å². The molecule has 0 radical (unpaired) electrons. The summed E-state index contributed by atoms with van der Waals surface area (Å²) in [6, 6.07) is 11.7. The molecule has 8 heteroatoms. The molecule has 0 bridgehead atoms. The van der Waals surface area contributed by atoms with Crippen LogP contribution in [0, 0.1) is 5.82 Å². The summed E-state index contributed by atoms with van der Waals surface area (Å²) in [5.74, 6) is -0.333. The summed E-state index contributed by atoms with van der Waals surface area (Å²) >= 11 is 6.55. The standard InChI is InChI=1S/C20H18ClFN2O4/c21-19-15-11-18(28-20(25)26)27-17(15)6-5-16(19)24-9-7-23(8-10-24)12-13-1-3-14(22)4-2-13/h1-6,11H,7-10,12H2,(H,25,26). The van der Waals surface area contributed by atoms with E-state index >= 15 is 0 Å². The lowest BCUT2D eigenvalue weighted by atomic mass is 10.1. The topological polar surface area (TPSA) is 66.2 Å². The Hall–Kier alpha value is -2.77. The van der Waals surface area contributed by atoms with E-state index in [0.717, 1.165) is 44.0 Å². The van der Waals surface area contributed by atoms with Gasteiger partial charge in [0.15, 0.2) is 0 Å². The largest absolute Gasteiger partial charge is 0.513 e. The van der Waals surface area contributed by atoms with Gasteiger partial charge in [-0.1, -0.05) is 23.7 Å². The first-order valence-electron chi connectivity index (χ1n) is 8.84. The number of hydrogen-bond acceptors (Lipinski definition) is 5. The molecule has 2 heterocycles. The number of nitrogens with zero attached hydrogens (tertiary/aromatic N) is 2. The number of benzene rings is 2. The van der Waals surface area contributed by atoms with Crippen molar-refractivity contribution in [2.24, 2.45) is 0 Å². The molecule has 0 saturated carbocycles. The molecule has 1 aromatic heterocycles. The van der Waals surface area contributed by atoms with Crippen molar-refractivity contribution in [1.82, 2.24) is 4.90 Å². The van der Waals surface area contributed by atoms with Crippen LogP contribution in [0.4, 0.5) is 14.9 Å². The molecule has 6 nitrogen and oxygen atoms in total. The van der Waals surface area contributed by atoms with E-state index in [0.29, 0.717) is 16.0 Å². The maximum absolute atomic E-state index is 13.0. The summed E-state index contributed by atoms with van der Waals surface area (Å²) in [6.45, 7) is 4.07. The predicted molar refractivity (Wildman–Crippen MR) is 104 cm³/mol. The van der Waals surface area contributed by atoms with E-state index in [9.17, 15) is 9.18 Å². The second kappa shape index (κ2) is 7.69. The van der Waals surface area contributed by atoms with Crippen LogP contribution in [0.2, 0.25) is 5.02 Å². The van der Waals surface area contributed by atoms with Gasteiger partial charge in [0.25, 0.3) is 5.95 Å². The van der Waals surface area contributed by atoms with Gasteiger partial charge >= 0.3 is 6.16 Å². The van der Waals surface area contributed by atoms with Crippen molar-refractivity contribution >= 4 is 34.4 Å². The van der Waals surface area contributed by atoms with Crippen LogP contribution in [0.3, 0.4) is 0 Å². The molecule has 0 unspecified atom stereocenters. The number of hydrogen-bond donors (Lipinski definition) is 1. The van der Waals surface area contributed by atoms with Crippen LogP contribution in [0.5, 0.6) is 5.95 Å². The average molecular weight is 405 g/mol.